The summed E-state index contributed by atoms with van der Waals surface area (Å²) < 4.78 is 10.6. The Hall–Kier alpha value is -0.900. The first-order valence-electron chi connectivity index (χ1n) is 6.90. The summed E-state index contributed by atoms with van der Waals surface area (Å²) in [6.07, 6.45) is 7.98. The second kappa shape index (κ2) is 6.32. The first kappa shape index (κ1) is 13.5. The third-order valence-electron chi connectivity index (χ3n) is 4.21. The molecule has 102 valence electrons. The second-order valence-corrected chi connectivity index (χ2v) is 5.47. The molecule has 4 atom stereocenters. The number of rotatable bonds is 5. The molecule has 0 aromatic carbocycles. The lowest BCUT2D eigenvalue weighted by molar-refractivity contribution is -0.140. The van der Waals surface area contributed by atoms with E-state index in [1.165, 1.54) is 7.11 Å². The van der Waals surface area contributed by atoms with Crippen LogP contribution in [0.2, 0.25) is 0 Å². The van der Waals surface area contributed by atoms with E-state index in [0.29, 0.717) is 18.4 Å². The molecule has 2 aliphatic rings. The maximum absolute atomic E-state index is 11.0. The Morgan fingerprint density at radius 2 is 2.22 bits per heavy atom. The molecule has 2 rings (SSSR count). The van der Waals surface area contributed by atoms with Crippen molar-refractivity contribution in [3.8, 4) is 0 Å². The van der Waals surface area contributed by atoms with Crippen molar-refractivity contribution in [1.82, 2.24) is 0 Å². The molecule has 4 unspecified atom stereocenters. The molecule has 0 aromatic heterocycles. The lowest BCUT2D eigenvalue weighted by atomic mass is 9.79. The zero-order valence-electron chi connectivity index (χ0n) is 11.0. The van der Waals surface area contributed by atoms with Crippen molar-refractivity contribution in [2.24, 2.45) is 11.8 Å². The number of fused-ring (bicyclic) bond motifs is 1. The lowest BCUT2D eigenvalue weighted by Gasteiger charge is -2.27. The topological polar surface area (TPSA) is 52.6 Å². The Morgan fingerprint density at radius 1 is 1.39 bits per heavy atom. The number of ether oxygens (including phenoxy) is 2. The summed E-state index contributed by atoms with van der Waals surface area (Å²) in [7, 11) is 1.42. The molecule has 1 aliphatic heterocycles. The summed E-state index contributed by atoms with van der Waals surface area (Å²) >= 11 is 0. The minimum Gasteiger partial charge on any atom is -0.469 e. The van der Waals surface area contributed by atoms with E-state index in [9.17, 15) is 9.59 Å². The van der Waals surface area contributed by atoms with Crippen LogP contribution in [0.3, 0.4) is 0 Å². The molecule has 1 saturated carbocycles. The van der Waals surface area contributed by atoms with Gasteiger partial charge in [0.2, 0.25) is 0 Å². The molecule has 1 heterocycles. The minimum absolute atomic E-state index is 0.147. The predicted molar refractivity (Wildman–Crippen MR) is 66.0 cm³/mol. The van der Waals surface area contributed by atoms with Gasteiger partial charge in [0.05, 0.1) is 19.3 Å². The van der Waals surface area contributed by atoms with Crippen LogP contribution in [0.5, 0.6) is 0 Å². The minimum atomic E-state index is -0.147. The second-order valence-electron chi connectivity index (χ2n) is 5.47. The first-order chi connectivity index (χ1) is 8.72. The Balaban J connectivity index is 1.71. The van der Waals surface area contributed by atoms with Crippen molar-refractivity contribution in [3.63, 3.8) is 0 Å². The lowest BCUT2D eigenvalue weighted by Crippen LogP contribution is -2.26. The average Bonchev–Trinajstić information content (AvgIpc) is 2.79. The van der Waals surface area contributed by atoms with Gasteiger partial charge >= 0.3 is 5.97 Å². The van der Waals surface area contributed by atoms with Gasteiger partial charge in [-0.3, -0.25) is 4.79 Å². The van der Waals surface area contributed by atoms with Crippen molar-refractivity contribution >= 4 is 12.3 Å². The van der Waals surface area contributed by atoms with Crippen LogP contribution in [0, 0.1) is 11.8 Å². The summed E-state index contributed by atoms with van der Waals surface area (Å²) in [5, 5.41) is 0. The van der Waals surface area contributed by atoms with Crippen LogP contribution in [0.15, 0.2) is 0 Å². The summed E-state index contributed by atoms with van der Waals surface area (Å²) in [4.78, 5) is 21.8. The van der Waals surface area contributed by atoms with E-state index < -0.39 is 0 Å². The van der Waals surface area contributed by atoms with Crippen molar-refractivity contribution < 1.29 is 19.1 Å². The van der Waals surface area contributed by atoms with Crippen molar-refractivity contribution in [3.05, 3.63) is 0 Å². The smallest absolute Gasteiger partial charge is 0.305 e. The molecule has 0 amide bonds. The molecular formula is C14H22O4. The van der Waals surface area contributed by atoms with Gasteiger partial charge in [-0.1, -0.05) is 0 Å². The molecule has 1 saturated heterocycles. The number of carbonyl (C=O) groups is 2. The molecule has 2 fully saturated rings. The van der Waals surface area contributed by atoms with E-state index in [4.69, 9.17) is 4.74 Å². The maximum Gasteiger partial charge on any atom is 0.305 e. The van der Waals surface area contributed by atoms with Gasteiger partial charge in [-0.05, 0) is 44.4 Å². The van der Waals surface area contributed by atoms with Crippen LogP contribution in [0.4, 0.5) is 0 Å². The van der Waals surface area contributed by atoms with Gasteiger partial charge in [0.25, 0.3) is 0 Å². The summed E-state index contributed by atoms with van der Waals surface area (Å²) in [6, 6.07) is 0. The van der Waals surface area contributed by atoms with Crippen LogP contribution >= 0.6 is 0 Å². The monoisotopic (exact) mass is 254 g/mol. The Bertz CT molecular complexity index is 302. The van der Waals surface area contributed by atoms with Crippen LogP contribution in [-0.2, 0) is 19.1 Å². The highest BCUT2D eigenvalue weighted by atomic mass is 16.5. The SMILES string of the molecule is COC(=O)CCCC1CC2CC(C=O)CCC2O1. The number of aldehydes is 1. The molecule has 0 spiro atoms. The normalized spacial score (nSPS) is 34.9. The number of hydrogen-bond donors (Lipinski definition) is 0. The quantitative estimate of drug-likeness (QED) is 0.557. The summed E-state index contributed by atoms with van der Waals surface area (Å²) in [5.41, 5.74) is 0. The fraction of sp³-hybridized carbons (Fsp3) is 0.857. The number of carbonyl (C=O) groups excluding carboxylic acids is 2. The van der Waals surface area contributed by atoms with E-state index in [1.807, 2.05) is 0 Å². The van der Waals surface area contributed by atoms with Crippen LogP contribution in [0.25, 0.3) is 0 Å². The molecule has 4 nitrogen and oxygen atoms in total. The van der Waals surface area contributed by atoms with Gasteiger partial charge in [-0.25, -0.2) is 0 Å². The molecule has 0 aromatic rings. The fourth-order valence-corrected chi connectivity index (χ4v) is 3.23. The number of esters is 1. The van der Waals surface area contributed by atoms with Gasteiger partial charge in [0, 0.05) is 12.3 Å². The van der Waals surface area contributed by atoms with Crippen molar-refractivity contribution in [2.75, 3.05) is 7.11 Å². The maximum atomic E-state index is 11.0. The predicted octanol–water partition coefficient (Wildman–Crippen LogP) is 2.10. The molecule has 0 bridgehead atoms. The van der Waals surface area contributed by atoms with Gasteiger partial charge in [0.15, 0.2) is 0 Å². The highest BCUT2D eigenvalue weighted by Gasteiger charge is 2.39. The van der Waals surface area contributed by atoms with Crippen LogP contribution < -0.4 is 0 Å². The zero-order valence-corrected chi connectivity index (χ0v) is 11.0. The van der Waals surface area contributed by atoms with Crippen LogP contribution in [-0.4, -0.2) is 31.6 Å². The van der Waals surface area contributed by atoms with Crippen molar-refractivity contribution in [1.29, 1.82) is 0 Å². The molecule has 4 heteroatoms. The van der Waals surface area contributed by atoms with Gasteiger partial charge in [-0.2, -0.15) is 0 Å². The average molecular weight is 254 g/mol. The van der Waals surface area contributed by atoms with Gasteiger partial charge in [-0.15, -0.1) is 0 Å². The van der Waals surface area contributed by atoms with E-state index in [1.54, 1.807) is 0 Å². The highest BCUT2D eigenvalue weighted by Crippen LogP contribution is 2.40. The Morgan fingerprint density at radius 3 is 2.94 bits per heavy atom. The molecule has 1 aliphatic carbocycles. The van der Waals surface area contributed by atoms with Crippen molar-refractivity contribution in [2.45, 2.75) is 57.2 Å². The molecule has 0 N–H and O–H groups in total. The number of hydrogen-bond acceptors (Lipinski definition) is 4. The third kappa shape index (κ3) is 3.31. The largest absolute Gasteiger partial charge is 0.469 e. The van der Waals surface area contributed by atoms with E-state index in [-0.39, 0.29) is 18.0 Å². The van der Waals surface area contributed by atoms with Gasteiger partial charge < -0.3 is 14.3 Å². The summed E-state index contributed by atoms with van der Waals surface area (Å²) in [6.45, 7) is 0. The van der Waals surface area contributed by atoms with Gasteiger partial charge in [0.1, 0.15) is 6.29 Å². The number of methoxy groups -OCH3 is 1. The Labute approximate surface area is 108 Å². The third-order valence-corrected chi connectivity index (χ3v) is 4.21. The highest BCUT2D eigenvalue weighted by molar-refractivity contribution is 5.68. The zero-order chi connectivity index (χ0) is 13.0. The van der Waals surface area contributed by atoms with Crippen LogP contribution in [0.1, 0.15) is 44.9 Å². The molecular weight excluding hydrogens is 232 g/mol. The molecule has 18 heavy (non-hydrogen) atoms. The van der Waals surface area contributed by atoms with E-state index in [0.717, 1.165) is 44.8 Å². The Kier molecular flexibility index (Phi) is 4.75. The summed E-state index contributed by atoms with van der Waals surface area (Å²) in [5.74, 6) is 0.646. The first-order valence-corrected chi connectivity index (χ1v) is 6.90. The molecule has 0 radical (unpaired) electrons. The fourth-order valence-electron chi connectivity index (χ4n) is 3.23. The standard InChI is InChI=1S/C14H22O4/c1-17-14(16)4-2-3-12-8-11-7-10(9-15)5-6-13(11)18-12/h9-13H,2-8H2,1H3. The van der Waals surface area contributed by atoms with E-state index in [2.05, 4.69) is 4.74 Å². The van der Waals surface area contributed by atoms with E-state index >= 15 is 0 Å².